The van der Waals surface area contributed by atoms with Crippen molar-refractivity contribution < 1.29 is 80.2 Å². The van der Waals surface area contributed by atoms with Crippen LogP contribution < -0.4 is 0 Å². The number of hydrogen-bond donors (Lipinski definition) is 3. The first-order chi connectivity index (χ1) is 50.7. The topological polar surface area (TPSA) is 237 Å². The van der Waals surface area contributed by atoms with Gasteiger partial charge in [0.05, 0.1) is 26.4 Å². The quantitative estimate of drug-likeness (QED) is 0.0169. The molecule has 17 nitrogen and oxygen atoms in total. The van der Waals surface area contributed by atoms with Crippen molar-refractivity contribution in [3.8, 4) is 0 Å². The van der Waals surface area contributed by atoms with Crippen LogP contribution >= 0.6 is 15.6 Å². The molecular formula is C85H148O17P2. The molecule has 0 spiro atoms. The van der Waals surface area contributed by atoms with E-state index in [0.29, 0.717) is 32.1 Å². The molecule has 0 saturated heterocycles. The molecule has 19 heteroatoms. The molecule has 0 bridgehead atoms. The van der Waals surface area contributed by atoms with Crippen LogP contribution in [0, 0.1) is 0 Å². The van der Waals surface area contributed by atoms with Crippen LogP contribution in [0.3, 0.4) is 0 Å². The molecule has 5 atom stereocenters. The van der Waals surface area contributed by atoms with Crippen molar-refractivity contribution in [3.05, 3.63) is 109 Å². The van der Waals surface area contributed by atoms with Crippen LogP contribution in [0.25, 0.3) is 0 Å². The minimum absolute atomic E-state index is 0.0843. The van der Waals surface area contributed by atoms with Gasteiger partial charge in [0, 0.05) is 25.7 Å². The van der Waals surface area contributed by atoms with Crippen molar-refractivity contribution >= 4 is 39.5 Å². The maximum Gasteiger partial charge on any atom is 0.472 e. The smallest absolute Gasteiger partial charge is 0.462 e. The Morgan fingerprint density at radius 2 is 0.510 bits per heavy atom. The van der Waals surface area contributed by atoms with Crippen LogP contribution in [0.1, 0.15) is 349 Å². The van der Waals surface area contributed by atoms with Crippen molar-refractivity contribution in [2.24, 2.45) is 0 Å². The van der Waals surface area contributed by atoms with Crippen LogP contribution in [0.5, 0.6) is 0 Å². The van der Waals surface area contributed by atoms with E-state index in [9.17, 15) is 43.2 Å². The zero-order valence-corrected chi connectivity index (χ0v) is 67.5. The summed E-state index contributed by atoms with van der Waals surface area (Å²) in [5.41, 5.74) is 0. The second kappa shape index (κ2) is 76.9. The molecule has 3 N–H and O–H groups in total. The van der Waals surface area contributed by atoms with Crippen LogP contribution in [-0.4, -0.2) is 96.7 Å². The van der Waals surface area contributed by atoms with E-state index >= 15 is 0 Å². The molecule has 0 heterocycles. The normalized spacial score (nSPS) is 14.4. The van der Waals surface area contributed by atoms with Crippen molar-refractivity contribution in [2.75, 3.05) is 39.6 Å². The highest BCUT2D eigenvalue weighted by Gasteiger charge is 2.30. The van der Waals surface area contributed by atoms with Crippen LogP contribution in [-0.2, 0) is 65.4 Å². The van der Waals surface area contributed by atoms with E-state index in [1.54, 1.807) is 0 Å². The number of phosphoric ester groups is 2. The average Bonchev–Trinajstić information content (AvgIpc) is 0.937. The SMILES string of the molecule is CC/C=C\C/C=C\C/C=C\C/C=C\C/C=C\CCCC(=O)OCC(COP(=O)(O)OCC(O)COP(=O)(O)OCC(COC(=O)CCCCCC/C=C\C/C=C\C/C=C\C/C=C\CC)OC(=O)CCCCCCCCCCCCCCCCC)OC(=O)CCCCCCCCCCCCCCCCC. The summed E-state index contributed by atoms with van der Waals surface area (Å²) in [6.45, 7) is 4.62. The molecule has 104 heavy (non-hydrogen) atoms. The Morgan fingerprint density at radius 3 is 0.808 bits per heavy atom. The van der Waals surface area contributed by atoms with Crippen molar-refractivity contribution in [1.29, 1.82) is 0 Å². The number of carbonyl (C=O) groups is 4. The summed E-state index contributed by atoms with van der Waals surface area (Å²) >= 11 is 0. The predicted octanol–water partition coefficient (Wildman–Crippen LogP) is 24.1. The lowest BCUT2D eigenvalue weighted by atomic mass is 10.0. The molecule has 0 aromatic carbocycles. The first kappa shape index (κ1) is 99.7. The van der Waals surface area contributed by atoms with Gasteiger partial charge in [-0.3, -0.25) is 37.3 Å². The van der Waals surface area contributed by atoms with E-state index in [0.717, 1.165) is 135 Å². The molecule has 0 aliphatic carbocycles. The monoisotopic (exact) mass is 1500 g/mol. The van der Waals surface area contributed by atoms with Gasteiger partial charge in [0.15, 0.2) is 12.2 Å². The van der Waals surface area contributed by atoms with Crippen LogP contribution in [0.15, 0.2) is 109 Å². The number of rotatable bonds is 77. The minimum atomic E-state index is -4.99. The highest BCUT2D eigenvalue weighted by Crippen LogP contribution is 2.45. The van der Waals surface area contributed by atoms with Gasteiger partial charge in [-0.1, -0.05) is 330 Å². The number of esters is 4. The van der Waals surface area contributed by atoms with Gasteiger partial charge < -0.3 is 33.8 Å². The van der Waals surface area contributed by atoms with E-state index in [2.05, 4.69) is 125 Å². The molecule has 0 aliphatic heterocycles. The van der Waals surface area contributed by atoms with Gasteiger partial charge in [-0.25, -0.2) is 9.13 Å². The van der Waals surface area contributed by atoms with E-state index < -0.39 is 97.5 Å². The number of aliphatic hydroxyl groups is 1. The summed E-state index contributed by atoms with van der Waals surface area (Å²) in [6.07, 6.45) is 83.5. The highest BCUT2D eigenvalue weighted by molar-refractivity contribution is 7.47. The number of carbonyl (C=O) groups excluding carboxylic acids is 4. The van der Waals surface area contributed by atoms with E-state index in [1.165, 1.54) is 128 Å². The van der Waals surface area contributed by atoms with E-state index in [4.69, 9.17) is 37.0 Å². The number of allylic oxidation sites excluding steroid dienone is 18. The summed E-state index contributed by atoms with van der Waals surface area (Å²) in [4.78, 5) is 73.1. The van der Waals surface area contributed by atoms with Gasteiger partial charge in [-0.15, -0.1) is 0 Å². The number of phosphoric acid groups is 2. The molecule has 0 aromatic rings. The third kappa shape index (κ3) is 75.9. The van der Waals surface area contributed by atoms with Gasteiger partial charge in [0.1, 0.15) is 19.3 Å². The average molecular weight is 1500 g/mol. The molecule has 600 valence electrons. The van der Waals surface area contributed by atoms with E-state index in [-0.39, 0.29) is 25.7 Å². The van der Waals surface area contributed by atoms with Crippen LogP contribution in [0.4, 0.5) is 0 Å². The Hall–Kier alpha value is -4.28. The predicted molar refractivity (Wildman–Crippen MR) is 427 cm³/mol. The Bertz CT molecular complexity index is 2390. The number of hydrogen-bond acceptors (Lipinski definition) is 15. The molecule has 0 saturated carbocycles. The molecule has 5 unspecified atom stereocenters. The minimum Gasteiger partial charge on any atom is -0.462 e. The Balaban J connectivity index is 5.41. The molecule has 0 aromatic heterocycles. The van der Waals surface area contributed by atoms with Gasteiger partial charge in [0.2, 0.25) is 0 Å². The Labute approximate surface area is 632 Å². The fourth-order valence-corrected chi connectivity index (χ4v) is 12.7. The third-order valence-electron chi connectivity index (χ3n) is 17.3. The molecule has 0 rings (SSSR count). The fourth-order valence-electron chi connectivity index (χ4n) is 11.1. The summed E-state index contributed by atoms with van der Waals surface area (Å²) in [7, 11) is -9.97. The molecule has 0 amide bonds. The van der Waals surface area contributed by atoms with Gasteiger partial charge in [-0.05, 0) is 103 Å². The zero-order chi connectivity index (χ0) is 76.0. The second-order valence-electron chi connectivity index (χ2n) is 27.3. The Morgan fingerprint density at radius 1 is 0.279 bits per heavy atom. The fraction of sp³-hybridized carbons (Fsp3) is 0.741. The maximum atomic E-state index is 13.1. The summed E-state index contributed by atoms with van der Waals surface area (Å²) in [5, 5.41) is 10.7. The van der Waals surface area contributed by atoms with Crippen molar-refractivity contribution in [3.63, 3.8) is 0 Å². The maximum absolute atomic E-state index is 13.1. The lowest BCUT2D eigenvalue weighted by Crippen LogP contribution is -2.30. The Kier molecular flexibility index (Phi) is 73.7. The highest BCUT2D eigenvalue weighted by atomic mass is 31.2. The first-order valence-corrected chi connectivity index (χ1v) is 44.1. The molecular weight excluding hydrogens is 1350 g/mol. The second-order valence-corrected chi connectivity index (χ2v) is 30.2. The first-order valence-electron chi connectivity index (χ1n) is 41.1. The van der Waals surface area contributed by atoms with E-state index in [1.807, 2.05) is 12.2 Å². The van der Waals surface area contributed by atoms with Crippen molar-refractivity contribution in [1.82, 2.24) is 0 Å². The standard InChI is InChI=1S/C85H148O17P2/c1-5-9-13-17-21-25-29-33-37-39-43-45-49-53-57-61-65-69-82(87)95-75-80(101-84(89)71-67-63-59-55-51-47-41-35-31-27-23-19-15-11-7-3)77-99-103(91,92)97-73-79(86)74-98-104(93,94)100-78-81(102-85(90)72-68-64-60-56-52-48-42-36-32-28-24-20-16-12-8-4)76-96-83(88)70-66-62-58-54-50-46-44-40-38-34-30-26-22-18-14-10-6-2/h9-10,13-14,21-22,25-26,33-34,37-38,43-46,53,57,79-81,86H,5-8,11-12,15-20,23-24,27-32,35-36,39-42,47-52,54-56,58-78H2,1-4H3,(H,91,92)(H,93,94)/b13-9-,14-10-,25-21-,26-22-,37-33-,38-34-,45-43-,46-44-,57-53-. The molecule has 0 fully saturated rings. The molecule has 0 radical (unpaired) electrons. The van der Waals surface area contributed by atoms with Gasteiger partial charge in [0.25, 0.3) is 0 Å². The zero-order valence-electron chi connectivity index (χ0n) is 65.7. The molecule has 0 aliphatic rings. The summed E-state index contributed by atoms with van der Waals surface area (Å²) < 4.78 is 68.6. The number of aliphatic hydroxyl groups excluding tert-OH is 1. The van der Waals surface area contributed by atoms with Gasteiger partial charge in [-0.2, -0.15) is 0 Å². The number of unbranched alkanes of at least 4 members (excludes halogenated alkanes) is 33. The lowest BCUT2D eigenvalue weighted by Gasteiger charge is -2.21. The van der Waals surface area contributed by atoms with Crippen molar-refractivity contribution in [2.45, 2.75) is 367 Å². The number of ether oxygens (including phenoxy) is 4. The third-order valence-corrected chi connectivity index (χ3v) is 19.2. The van der Waals surface area contributed by atoms with Gasteiger partial charge >= 0.3 is 39.5 Å². The lowest BCUT2D eigenvalue weighted by molar-refractivity contribution is -0.161. The summed E-state index contributed by atoms with van der Waals surface area (Å²) in [5.74, 6) is -2.25. The largest absolute Gasteiger partial charge is 0.472 e. The van der Waals surface area contributed by atoms with Crippen LogP contribution in [0.2, 0.25) is 0 Å². The summed E-state index contributed by atoms with van der Waals surface area (Å²) in [6, 6.07) is 0.